The Morgan fingerprint density at radius 1 is 1.09 bits per heavy atom. The van der Waals surface area contributed by atoms with E-state index >= 15 is 0 Å². The number of nitrogens with zero attached hydrogens (tertiary/aromatic N) is 5. The van der Waals surface area contributed by atoms with Gasteiger partial charge >= 0.3 is 5.97 Å². The molecule has 0 saturated carbocycles. The predicted molar refractivity (Wildman–Crippen MR) is 171 cm³/mol. The Morgan fingerprint density at radius 2 is 1.89 bits per heavy atom. The largest absolute Gasteiger partial charge is 0.491 e. The molecule has 0 fully saturated rings. The van der Waals surface area contributed by atoms with Crippen LogP contribution in [0.3, 0.4) is 0 Å². The van der Waals surface area contributed by atoms with Crippen molar-refractivity contribution in [2.45, 2.75) is 20.4 Å². The maximum Gasteiger partial charge on any atom is 0.338 e. The number of ether oxygens (including phenoxy) is 1. The molecule has 6 aromatic rings. The number of pyridine rings is 2. The number of carboxylic acid groups (broad SMARTS) is 1. The van der Waals surface area contributed by atoms with E-state index in [9.17, 15) is 20.0 Å². The molecule has 44 heavy (non-hydrogen) atoms. The number of rotatable bonds is 7. The number of halogens is 2. The summed E-state index contributed by atoms with van der Waals surface area (Å²) in [6.07, 6.45) is 1.47. The van der Waals surface area contributed by atoms with Crippen molar-refractivity contribution < 1.29 is 14.6 Å². The number of aromatic carboxylic acids is 1. The Bertz CT molecular complexity index is 2240. The standard InChI is InChI=1S/C32H21Cl2N5O4S/c1-16-11-21(30-29(37-16)23(15-44-30)32(41)42)20-12-18(33)7-8-26(20)43-10-9-39-17(2)38-25-14-36-28(19-5-3-4-6-24(19)34)22(13-35)27(25)31(39)40/h3-8,11-12,14-15H,9-10H2,1-2H3,(H,41,42). The molecule has 2 aromatic carbocycles. The number of carbonyl (C=O) groups is 1. The van der Waals surface area contributed by atoms with Gasteiger partial charge in [-0.2, -0.15) is 5.26 Å². The minimum Gasteiger partial charge on any atom is -0.491 e. The van der Waals surface area contributed by atoms with Gasteiger partial charge in [-0.25, -0.2) is 9.78 Å². The van der Waals surface area contributed by atoms with Gasteiger partial charge in [0, 0.05) is 32.8 Å². The Kier molecular flexibility index (Phi) is 7.78. The Morgan fingerprint density at radius 3 is 2.64 bits per heavy atom. The lowest BCUT2D eigenvalue weighted by Gasteiger charge is -2.16. The number of fused-ring (bicyclic) bond motifs is 2. The number of benzene rings is 2. The highest BCUT2D eigenvalue weighted by molar-refractivity contribution is 7.18. The van der Waals surface area contributed by atoms with Crippen molar-refractivity contribution in [2.24, 2.45) is 0 Å². The van der Waals surface area contributed by atoms with Gasteiger partial charge in [0.15, 0.2) is 0 Å². The summed E-state index contributed by atoms with van der Waals surface area (Å²) in [6, 6.07) is 16.2. The Balaban J connectivity index is 1.37. The lowest BCUT2D eigenvalue weighted by molar-refractivity contribution is 0.0699. The number of aromatic nitrogens is 4. The molecular weight excluding hydrogens is 621 g/mol. The van der Waals surface area contributed by atoms with Crippen LogP contribution in [0.1, 0.15) is 27.4 Å². The second kappa shape index (κ2) is 11.7. The van der Waals surface area contributed by atoms with Crippen LogP contribution in [-0.2, 0) is 6.54 Å². The van der Waals surface area contributed by atoms with Crippen LogP contribution in [0.2, 0.25) is 10.0 Å². The minimum atomic E-state index is -1.05. The molecule has 6 rings (SSSR count). The van der Waals surface area contributed by atoms with Gasteiger partial charge in [-0.3, -0.25) is 19.3 Å². The molecule has 0 amide bonds. The summed E-state index contributed by atoms with van der Waals surface area (Å²) in [5.74, 6) is -0.124. The molecule has 1 N–H and O–H groups in total. The van der Waals surface area contributed by atoms with E-state index < -0.39 is 11.5 Å². The maximum atomic E-state index is 13.8. The maximum absolute atomic E-state index is 13.8. The van der Waals surface area contributed by atoms with Crippen molar-refractivity contribution in [3.63, 3.8) is 0 Å². The van der Waals surface area contributed by atoms with Gasteiger partial charge in [0.2, 0.25) is 0 Å². The summed E-state index contributed by atoms with van der Waals surface area (Å²) >= 11 is 14.0. The van der Waals surface area contributed by atoms with Crippen LogP contribution < -0.4 is 10.3 Å². The van der Waals surface area contributed by atoms with Gasteiger partial charge in [0.25, 0.3) is 5.56 Å². The van der Waals surface area contributed by atoms with E-state index in [0.717, 1.165) is 5.56 Å². The zero-order valence-electron chi connectivity index (χ0n) is 23.3. The molecule has 0 aliphatic carbocycles. The number of nitriles is 1. The van der Waals surface area contributed by atoms with Gasteiger partial charge in [-0.15, -0.1) is 11.3 Å². The van der Waals surface area contributed by atoms with Crippen LogP contribution in [0.5, 0.6) is 5.75 Å². The first-order chi connectivity index (χ1) is 21.2. The highest BCUT2D eigenvalue weighted by Crippen LogP contribution is 2.40. The zero-order valence-corrected chi connectivity index (χ0v) is 25.6. The van der Waals surface area contributed by atoms with E-state index in [1.165, 1.54) is 22.1 Å². The van der Waals surface area contributed by atoms with Crippen molar-refractivity contribution >= 4 is 61.6 Å². The van der Waals surface area contributed by atoms with Crippen molar-refractivity contribution in [3.8, 4) is 34.2 Å². The SMILES string of the molecule is Cc1cc(-c2cc(Cl)ccc2OCCn2c(C)nc3cnc(-c4ccccc4Cl)c(C#N)c3c2=O)c2scc(C(=O)O)c2n1. The van der Waals surface area contributed by atoms with Crippen LogP contribution in [-0.4, -0.2) is 37.2 Å². The molecule has 0 unspecified atom stereocenters. The normalized spacial score (nSPS) is 11.2. The molecule has 4 heterocycles. The third-order valence-corrected chi connectivity index (χ3v) is 8.68. The van der Waals surface area contributed by atoms with E-state index in [4.69, 9.17) is 27.9 Å². The van der Waals surface area contributed by atoms with Crippen molar-refractivity contribution in [1.29, 1.82) is 5.26 Å². The van der Waals surface area contributed by atoms with Crippen LogP contribution in [0.15, 0.2) is 64.9 Å². The Labute approximate surface area is 264 Å². The molecule has 0 aliphatic rings. The fourth-order valence-electron chi connectivity index (χ4n) is 5.12. The van der Waals surface area contributed by atoms with Gasteiger partial charge in [-0.05, 0) is 44.2 Å². The highest BCUT2D eigenvalue weighted by Gasteiger charge is 2.21. The lowest BCUT2D eigenvalue weighted by Crippen LogP contribution is -2.27. The summed E-state index contributed by atoms with van der Waals surface area (Å²) in [7, 11) is 0. The smallest absolute Gasteiger partial charge is 0.338 e. The zero-order chi connectivity index (χ0) is 31.1. The first-order valence-electron chi connectivity index (χ1n) is 13.3. The van der Waals surface area contributed by atoms with E-state index in [1.54, 1.807) is 61.7 Å². The number of hydrogen-bond donors (Lipinski definition) is 1. The average Bonchev–Trinajstić information content (AvgIpc) is 3.43. The van der Waals surface area contributed by atoms with Gasteiger partial charge in [0.05, 0.1) is 55.7 Å². The molecule has 0 radical (unpaired) electrons. The summed E-state index contributed by atoms with van der Waals surface area (Å²) in [6.45, 7) is 3.72. The number of carboxylic acids is 1. The van der Waals surface area contributed by atoms with Crippen LogP contribution >= 0.6 is 34.5 Å². The highest BCUT2D eigenvalue weighted by atomic mass is 35.5. The van der Waals surface area contributed by atoms with Gasteiger partial charge in [-0.1, -0.05) is 41.4 Å². The molecule has 4 aromatic heterocycles. The van der Waals surface area contributed by atoms with Crippen molar-refractivity contribution in [1.82, 2.24) is 19.5 Å². The van der Waals surface area contributed by atoms with E-state index in [2.05, 4.69) is 21.0 Å². The summed E-state index contributed by atoms with van der Waals surface area (Å²) in [5.41, 5.74) is 3.42. The topological polar surface area (TPSA) is 131 Å². The quantitative estimate of drug-likeness (QED) is 0.192. The molecular formula is C32H21Cl2N5O4S. The number of thiophene rings is 1. The molecule has 12 heteroatoms. The van der Waals surface area contributed by atoms with Crippen molar-refractivity contribution in [3.05, 3.63) is 103 Å². The first-order valence-corrected chi connectivity index (χ1v) is 14.9. The molecule has 0 saturated heterocycles. The van der Waals surface area contributed by atoms with Gasteiger partial charge in [0.1, 0.15) is 24.3 Å². The summed E-state index contributed by atoms with van der Waals surface area (Å²) in [4.78, 5) is 39.0. The molecule has 9 nitrogen and oxygen atoms in total. The van der Waals surface area contributed by atoms with Crippen LogP contribution in [0.4, 0.5) is 0 Å². The second-order valence-corrected chi connectivity index (χ2v) is 11.6. The summed E-state index contributed by atoms with van der Waals surface area (Å²) < 4.78 is 8.36. The molecule has 218 valence electrons. The Hall–Kier alpha value is -4.82. The minimum absolute atomic E-state index is 0.0882. The van der Waals surface area contributed by atoms with Crippen LogP contribution in [0.25, 0.3) is 43.5 Å². The van der Waals surface area contributed by atoms with E-state index in [1.807, 2.05) is 6.07 Å². The fourth-order valence-corrected chi connectivity index (χ4v) is 6.53. The molecule has 0 aliphatic heterocycles. The van der Waals surface area contributed by atoms with E-state index in [-0.39, 0.29) is 29.7 Å². The number of aryl methyl sites for hydroxylation is 2. The van der Waals surface area contributed by atoms with E-state index in [0.29, 0.717) is 59.9 Å². The average molecular weight is 643 g/mol. The first kappa shape index (κ1) is 29.3. The predicted octanol–water partition coefficient (Wildman–Crippen LogP) is 7.31. The van der Waals surface area contributed by atoms with Gasteiger partial charge < -0.3 is 9.84 Å². The third-order valence-electron chi connectivity index (χ3n) is 7.12. The molecule has 0 atom stereocenters. The number of hydrogen-bond acceptors (Lipinski definition) is 8. The molecule has 0 bridgehead atoms. The van der Waals surface area contributed by atoms with Crippen LogP contribution in [0, 0.1) is 25.2 Å². The molecule has 0 spiro atoms. The monoisotopic (exact) mass is 641 g/mol. The van der Waals surface area contributed by atoms with Crippen molar-refractivity contribution in [2.75, 3.05) is 6.61 Å². The second-order valence-electron chi connectivity index (χ2n) is 9.88. The fraction of sp³-hybridized carbons (Fsp3) is 0.125. The lowest BCUT2D eigenvalue weighted by atomic mass is 10.0. The summed E-state index contributed by atoms with van der Waals surface area (Å²) in [5, 5.41) is 22.3. The third kappa shape index (κ3) is 5.15.